The molecule has 0 bridgehead atoms. The second-order valence-electron chi connectivity index (χ2n) is 12.8. The zero-order chi connectivity index (χ0) is 34.3. The van der Waals surface area contributed by atoms with Gasteiger partial charge < -0.3 is 14.6 Å². The Morgan fingerprint density at radius 3 is 1.36 bits per heavy atom. The second kappa shape index (κ2) is 38.1. The number of esters is 2. The van der Waals surface area contributed by atoms with Crippen molar-refractivity contribution in [2.75, 3.05) is 13.2 Å². The minimum atomic E-state index is -0.799. The summed E-state index contributed by atoms with van der Waals surface area (Å²) < 4.78 is 10.5. The first-order chi connectivity index (χ1) is 23.1. The van der Waals surface area contributed by atoms with Gasteiger partial charge in [0.25, 0.3) is 0 Å². The van der Waals surface area contributed by atoms with E-state index in [0.717, 1.165) is 32.1 Å². The van der Waals surface area contributed by atoms with Crippen LogP contribution in [0.1, 0.15) is 174 Å². The molecule has 47 heavy (non-hydrogen) atoms. The molecule has 0 spiro atoms. The van der Waals surface area contributed by atoms with Crippen LogP contribution in [0, 0.1) is 0 Å². The van der Waals surface area contributed by atoms with Gasteiger partial charge in [-0.15, -0.1) is 0 Å². The fraction of sp³-hybridized carbons (Fsp3) is 0.714. The average molecular weight is 657 g/mol. The summed E-state index contributed by atoms with van der Waals surface area (Å²) in [4.78, 5) is 24.2. The minimum absolute atomic E-state index is 0.103. The Hall–Kier alpha value is -2.40. The van der Waals surface area contributed by atoms with Crippen LogP contribution in [-0.2, 0) is 19.1 Å². The average Bonchev–Trinajstić information content (AvgIpc) is 3.07. The van der Waals surface area contributed by atoms with Crippen LogP contribution in [0.25, 0.3) is 0 Å². The molecular weight excluding hydrogens is 584 g/mol. The Morgan fingerprint density at radius 2 is 0.915 bits per heavy atom. The van der Waals surface area contributed by atoms with Crippen molar-refractivity contribution in [2.45, 2.75) is 180 Å². The highest BCUT2D eigenvalue weighted by atomic mass is 16.6. The summed E-state index contributed by atoms with van der Waals surface area (Å²) in [5.74, 6) is -0.677. The molecule has 0 aromatic heterocycles. The molecule has 5 heteroatoms. The van der Waals surface area contributed by atoms with Gasteiger partial charge in [0.15, 0.2) is 6.10 Å². The van der Waals surface area contributed by atoms with E-state index in [4.69, 9.17) is 9.47 Å². The molecule has 1 unspecified atom stereocenters. The van der Waals surface area contributed by atoms with Crippen molar-refractivity contribution in [1.29, 1.82) is 0 Å². The third-order valence-corrected chi connectivity index (χ3v) is 8.20. The highest BCUT2D eigenvalue weighted by molar-refractivity contribution is 5.70. The summed E-state index contributed by atoms with van der Waals surface area (Å²) in [7, 11) is 0. The Bertz CT molecular complexity index is 838. The molecule has 0 aromatic rings. The molecule has 0 aliphatic rings. The van der Waals surface area contributed by atoms with Gasteiger partial charge in [0.1, 0.15) is 6.61 Å². The van der Waals surface area contributed by atoms with Gasteiger partial charge in [0, 0.05) is 12.8 Å². The van der Waals surface area contributed by atoms with Crippen LogP contribution in [0.5, 0.6) is 0 Å². The van der Waals surface area contributed by atoms with E-state index in [2.05, 4.69) is 19.9 Å². The lowest BCUT2D eigenvalue weighted by atomic mass is 10.0. The van der Waals surface area contributed by atoms with Gasteiger partial charge in [-0.25, -0.2) is 0 Å². The molecule has 0 aromatic carbocycles. The largest absolute Gasteiger partial charge is 0.462 e. The predicted octanol–water partition coefficient (Wildman–Crippen LogP) is 12.0. The normalized spacial score (nSPS) is 12.8. The van der Waals surface area contributed by atoms with Crippen molar-refractivity contribution in [1.82, 2.24) is 0 Å². The van der Waals surface area contributed by atoms with Gasteiger partial charge in [0.2, 0.25) is 0 Å². The number of ether oxygens (including phenoxy) is 2. The fourth-order valence-electron chi connectivity index (χ4n) is 5.29. The zero-order valence-corrected chi connectivity index (χ0v) is 30.5. The second-order valence-corrected chi connectivity index (χ2v) is 12.8. The van der Waals surface area contributed by atoms with Crippen molar-refractivity contribution >= 4 is 11.9 Å². The van der Waals surface area contributed by atoms with Crippen LogP contribution in [0.4, 0.5) is 0 Å². The van der Waals surface area contributed by atoms with Crippen LogP contribution in [0.2, 0.25) is 0 Å². The van der Waals surface area contributed by atoms with Gasteiger partial charge in [-0.1, -0.05) is 197 Å². The number of aliphatic hydroxyl groups is 1. The number of allylic oxidation sites excluding steroid dienone is 10. The van der Waals surface area contributed by atoms with Gasteiger partial charge in [-0.2, -0.15) is 0 Å². The maximum atomic E-state index is 12.2. The lowest BCUT2D eigenvalue weighted by Crippen LogP contribution is -2.28. The zero-order valence-electron chi connectivity index (χ0n) is 30.5. The molecule has 0 heterocycles. The van der Waals surface area contributed by atoms with Crippen molar-refractivity contribution < 1.29 is 24.2 Å². The first-order valence-corrected chi connectivity index (χ1v) is 19.4. The summed E-state index contributed by atoms with van der Waals surface area (Å²) in [5, 5.41) is 9.53. The van der Waals surface area contributed by atoms with E-state index >= 15 is 0 Å². The lowest BCUT2D eigenvalue weighted by molar-refractivity contribution is -0.161. The molecule has 1 N–H and O–H groups in total. The molecule has 0 saturated heterocycles. The predicted molar refractivity (Wildman–Crippen MR) is 200 cm³/mol. The van der Waals surface area contributed by atoms with Crippen molar-refractivity contribution in [3.05, 3.63) is 60.8 Å². The van der Waals surface area contributed by atoms with Gasteiger partial charge in [-0.3, -0.25) is 9.59 Å². The number of hydrogen-bond donors (Lipinski definition) is 1. The van der Waals surface area contributed by atoms with Crippen LogP contribution in [0.15, 0.2) is 60.8 Å². The van der Waals surface area contributed by atoms with E-state index in [-0.39, 0.29) is 31.6 Å². The van der Waals surface area contributed by atoms with Crippen LogP contribution in [0.3, 0.4) is 0 Å². The number of hydrogen-bond acceptors (Lipinski definition) is 5. The molecule has 0 radical (unpaired) electrons. The van der Waals surface area contributed by atoms with E-state index in [1.165, 1.54) is 109 Å². The Labute approximate surface area is 290 Å². The summed E-state index contributed by atoms with van der Waals surface area (Å²) in [6, 6.07) is 0. The van der Waals surface area contributed by atoms with E-state index < -0.39 is 6.10 Å². The molecule has 0 aliphatic heterocycles. The first kappa shape index (κ1) is 44.6. The summed E-state index contributed by atoms with van der Waals surface area (Å²) in [5.41, 5.74) is 0. The van der Waals surface area contributed by atoms with Crippen molar-refractivity contribution in [3.8, 4) is 0 Å². The highest BCUT2D eigenvalue weighted by Crippen LogP contribution is 2.15. The van der Waals surface area contributed by atoms with E-state index in [0.29, 0.717) is 12.8 Å². The molecule has 0 rings (SSSR count). The molecule has 0 amide bonds. The van der Waals surface area contributed by atoms with Crippen molar-refractivity contribution in [3.63, 3.8) is 0 Å². The standard InChI is InChI=1S/C42H72O5/c1-3-5-7-9-11-13-15-17-18-19-20-21-22-23-25-27-29-31-33-35-37-42(45)47-40(38-43)39-46-41(44)36-34-32-30-28-26-24-16-14-12-10-8-6-4-2/h6,8,10,12,14,16,24,26,28,30,40,43H,3-5,7,9,11,13,15,17-23,25,27,29,31-39H2,1-2H3/b8-6+,12-10+,16-14+,26-24+,30-28+. The number of unbranched alkanes of at least 4 members (excludes halogenated alkanes) is 20. The SMILES string of the molecule is CC/C=C/C=C/C=C/C=C/C=C/CCCC(=O)OCC(CO)OC(=O)CCCCCCCCCCCCCCCCCCCCCC. The van der Waals surface area contributed by atoms with Gasteiger partial charge in [-0.05, 0) is 25.7 Å². The molecule has 0 aliphatic carbocycles. The monoisotopic (exact) mass is 657 g/mol. The topological polar surface area (TPSA) is 72.8 Å². The Balaban J connectivity index is 3.60. The van der Waals surface area contributed by atoms with E-state index in [1.807, 2.05) is 54.7 Å². The third kappa shape index (κ3) is 36.3. The molecule has 270 valence electrons. The van der Waals surface area contributed by atoms with E-state index in [9.17, 15) is 14.7 Å². The molecule has 0 saturated carbocycles. The Kier molecular flexibility index (Phi) is 36.1. The Morgan fingerprint density at radius 1 is 0.511 bits per heavy atom. The van der Waals surface area contributed by atoms with E-state index in [1.54, 1.807) is 0 Å². The quantitative estimate of drug-likeness (QED) is 0.0424. The number of rotatable bonds is 34. The summed E-state index contributed by atoms with van der Waals surface area (Å²) in [6.45, 7) is 3.93. The van der Waals surface area contributed by atoms with Crippen LogP contribution < -0.4 is 0 Å². The van der Waals surface area contributed by atoms with Crippen molar-refractivity contribution in [2.24, 2.45) is 0 Å². The smallest absolute Gasteiger partial charge is 0.306 e. The molecular formula is C42H72O5. The first-order valence-electron chi connectivity index (χ1n) is 19.4. The molecule has 1 atom stereocenters. The summed E-state index contributed by atoms with van der Waals surface area (Å²) >= 11 is 0. The van der Waals surface area contributed by atoms with Gasteiger partial charge >= 0.3 is 11.9 Å². The number of aliphatic hydroxyl groups excluding tert-OH is 1. The maximum absolute atomic E-state index is 12.2. The van der Waals surface area contributed by atoms with Crippen LogP contribution >= 0.6 is 0 Å². The summed E-state index contributed by atoms with van der Waals surface area (Å²) in [6.07, 6.45) is 48.7. The number of carbonyl (C=O) groups is 2. The van der Waals surface area contributed by atoms with Gasteiger partial charge in [0.05, 0.1) is 6.61 Å². The highest BCUT2D eigenvalue weighted by Gasteiger charge is 2.16. The maximum Gasteiger partial charge on any atom is 0.306 e. The lowest BCUT2D eigenvalue weighted by Gasteiger charge is -2.15. The third-order valence-electron chi connectivity index (χ3n) is 8.20. The molecule has 0 fully saturated rings. The molecule has 5 nitrogen and oxygen atoms in total. The minimum Gasteiger partial charge on any atom is -0.462 e. The fourth-order valence-corrected chi connectivity index (χ4v) is 5.29. The van der Waals surface area contributed by atoms with Crippen LogP contribution in [-0.4, -0.2) is 36.4 Å². The number of carbonyl (C=O) groups excluding carboxylic acids is 2.